The molecule has 0 bridgehead atoms. The third kappa shape index (κ3) is 13.6. The zero-order valence-corrected chi connectivity index (χ0v) is 20.3. The van der Waals surface area contributed by atoms with Gasteiger partial charge in [-0.05, 0) is 56.3 Å². The Hall–Kier alpha value is -1.39. The van der Waals surface area contributed by atoms with Crippen LogP contribution in [0.1, 0.15) is 118 Å². The van der Waals surface area contributed by atoms with Crippen LogP contribution in [0, 0.1) is 6.92 Å². The molecule has 0 fully saturated rings. The summed E-state index contributed by atoms with van der Waals surface area (Å²) < 4.78 is 0. The average Bonchev–Trinajstić information content (AvgIpc) is 2.75. The number of nitrogens with one attached hydrogen (secondary N) is 1. The topological polar surface area (TPSA) is 75.3 Å². The smallest absolute Gasteiger partial charge is 0.248 e. The summed E-state index contributed by atoms with van der Waals surface area (Å²) in [5.41, 5.74) is 8.47. The molecule has 1 amide bonds. The Bertz CT molecular complexity index is 589. The fourth-order valence-electron chi connectivity index (χ4n) is 4.23. The van der Waals surface area contributed by atoms with Crippen molar-refractivity contribution in [3.05, 3.63) is 34.9 Å². The second kappa shape index (κ2) is 18.2. The highest BCUT2D eigenvalue weighted by atomic mass is 16.3. The molecule has 4 N–H and O–H groups in total. The fraction of sp³-hybridized carbons (Fsp3) is 0.741. The van der Waals surface area contributed by atoms with E-state index in [4.69, 9.17) is 5.73 Å². The van der Waals surface area contributed by atoms with Gasteiger partial charge in [-0.15, -0.1) is 0 Å². The van der Waals surface area contributed by atoms with E-state index in [0.717, 1.165) is 49.9 Å². The van der Waals surface area contributed by atoms with Crippen LogP contribution in [-0.2, 0) is 6.42 Å². The summed E-state index contributed by atoms with van der Waals surface area (Å²) in [6.45, 7) is 6.08. The number of aliphatic hydroxyl groups excluding tert-OH is 1. The molecule has 1 atom stereocenters. The highest BCUT2D eigenvalue weighted by Gasteiger charge is 2.09. The van der Waals surface area contributed by atoms with Gasteiger partial charge < -0.3 is 16.2 Å². The molecule has 31 heavy (non-hydrogen) atoms. The Labute approximate surface area is 191 Å². The van der Waals surface area contributed by atoms with Crippen LogP contribution in [0.3, 0.4) is 0 Å². The van der Waals surface area contributed by atoms with Crippen molar-refractivity contribution in [2.24, 2.45) is 5.73 Å². The van der Waals surface area contributed by atoms with E-state index >= 15 is 0 Å². The van der Waals surface area contributed by atoms with Crippen LogP contribution in [0.2, 0.25) is 0 Å². The van der Waals surface area contributed by atoms with Crippen molar-refractivity contribution in [1.29, 1.82) is 0 Å². The first-order valence-electron chi connectivity index (χ1n) is 12.8. The number of primary amides is 1. The minimum absolute atomic E-state index is 0.200. The SMILES string of the molecule is CCCCCCCCNCC(O)CCCCCCCCCc1c(C)cccc1C(N)=O. The lowest BCUT2D eigenvalue weighted by molar-refractivity contribution is 0.0999. The van der Waals surface area contributed by atoms with Gasteiger partial charge in [0.1, 0.15) is 0 Å². The molecule has 1 aromatic carbocycles. The largest absolute Gasteiger partial charge is 0.392 e. The molecule has 1 unspecified atom stereocenters. The fourth-order valence-corrected chi connectivity index (χ4v) is 4.23. The standard InChI is InChI=1S/C27H48N2O2/c1-3-4-5-6-12-15-21-29-22-24(30)18-13-10-8-7-9-11-14-19-25-23(2)17-16-20-26(25)27(28)31/h16-17,20,24,29-30H,3-15,18-19,21-22H2,1-2H3,(H2,28,31). The van der Waals surface area contributed by atoms with Crippen molar-refractivity contribution < 1.29 is 9.90 Å². The lowest BCUT2D eigenvalue weighted by Gasteiger charge is -2.12. The average molecular weight is 433 g/mol. The zero-order chi connectivity index (χ0) is 22.7. The number of rotatable bonds is 20. The number of amides is 1. The van der Waals surface area contributed by atoms with Crippen LogP contribution in [0.25, 0.3) is 0 Å². The summed E-state index contributed by atoms with van der Waals surface area (Å²) in [6, 6.07) is 5.80. The summed E-state index contributed by atoms with van der Waals surface area (Å²) in [4.78, 5) is 11.6. The molecule has 0 radical (unpaired) electrons. The van der Waals surface area contributed by atoms with Crippen molar-refractivity contribution in [3.8, 4) is 0 Å². The summed E-state index contributed by atoms with van der Waals surface area (Å²) in [6.07, 6.45) is 17.9. The van der Waals surface area contributed by atoms with E-state index in [1.165, 1.54) is 70.6 Å². The molecule has 0 aliphatic heterocycles. The van der Waals surface area contributed by atoms with E-state index in [1.807, 2.05) is 12.1 Å². The van der Waals surface area contributed by atoms with Gasteiger partial charge in [0.25, 0.3) is 0 Å². The number of hydrogen-bond donors (Lipinski definition) is 3. The monoisotopic (exact) mass is 432 g/mol. The van der Waals surface area contributed by atoms with Crippen LogP contribution in [0.5, 0.6) is 0 Å². The van der Waals surface area contributed by atoms with E-state index < -0.39 is 0 Å². The number of carbonyl (C=O) groups excluding carboxylic acids is 1. The maximum atomic E-state index is 11.6. The van der Waals surface area contributed by atoms with E-state index in [-0.39, 0.29) is 12.0 Å². The predicted molar refractivity (Wildman–Crippen MR) is 133 cm³/mol. The highest BCUT2D eigenvalue weighted by Crippen LogP contribution is 2.18. The maximum Gasteiger partial charge on any atom is 0.248 e. The Morgan fingerprint density at radius 3 is 2.23 bits per heavy atom. The summed E-state index contributed by atoms with van der Waals surface area (Å²) in [5, 5.41) is 13.5. The molecule has 4 heteroatoms. The lowest BCUT2D eigenvalue weighted by atomic mass is 9.96. The van der Waals surface area contributed by atoms with Gasteiger partial charge in [0.15, 0.2) is 0 Å². The molecule has 0 spiro atoms. The number of carbonyl (C=O) groups is 1. The molecular formula is C27H48N2O2. The van der Waals surface area contributed by atoms with Crippen LogP contribution in [-0.4, -0.2) is 30.2 Å². The van der Waals surface area contributed by atoms with Gasteiger partial charge in [-0.25, -0.2) is 0 Å². The summed E-state index contributed by atoms with van der Waals surface area (Å²) >= 11 is 0. The first-order valence-corrected chi connectivity index (χ1v) is 12.8. The molecule has 0 aliphatic carbocycles. The van der Waals surface area contributed by atoms with Crippen molar-refractivity contribution in [1.82, 2.24) is 5.32 Å². The first kappa shape index (κ1) is 27.6. The van der Waals surface area contributed by atoms with Gasteiger partial charge in [-0.3, -0.25) is 4.79 Å². The first-order chi connectivity index (χ1) is 15.1. The Balaban J connectivity index is 1.94. The predicted octanol–water partition coefficient (Wildman–Crippen LogP) is 6.07. The van der Waals surface area contributed by atoms with Gasteiger partial charge in [-0.2, -0.15) is 0 Å². The molecule has 4 nitrogen and oxygen atoms in total. The van der Waals surface area contributed by atoms with Gasteiger partial charge >= 0.3 is 0 Å². The molecular weight excluding hydrogens is 384 g/mol. The number of benzene rings is 1. The Kier molecular flexibility index (Phi) is 16.2. The molecule has 1 aromatic rings. The van der Waals surface area contributed by atoms with Crippen LogP contribution >= 0.6 is 0 Å². The number of hydrogen-bond acceptors (Lipinski definition) is 3. The van der Waals surface area contributed by atoms with Crippen molar-refractivity contribution in [2.75, 3.05) is 13.1 Å². The van der Waals surface area contributed by atoms with Crippen molar-refractivity contribution in [2.45, 2.75) is 116 Å². The highest BCUT2D eigenvalue weighted by molar-refractivity contribution is 5.94. The van der Waals surface area contributed by atoms with Gasteiger partial charge in [-0.1, -0.05) is 89.7 Å². The Morgan fingerprint density at radius 2 is 1.55 bits per heavy atom. The van der Waals surface area contributed by atoms with Crippen LogP contribution < -0.4 is 11.1 Å². The number of aliphatic hydroxyl groups is 1. The van der Waals surface area contributed by atoms with Crippen molar-refractivity contribution >= 4 is 5.91 Å². The second-order valence-electron chi connectivity index (χ2n) is 9.10. The molecule has 0 saturated heterocycles. The van der Waals surface area contributed by atoms with E-state index in [2.05, 4.69) is 25.2 Å². The normalized spacial score (nSPS) is 12.2. The molecule has 0 saturated carbocycles. The second-order valence-corrected chi connectivity index (χ2v) is 9.10. The van der Waals surface area contributed by atoms with Gasteiger partial charge in [0, 0.05) is 12.1 Å². The van der Waals surface area contributed by atoms with Gasteiger partial charge in [0.05, 0.1) is 6.10 Å². The summed E-state index contributed by atoms with van der Waals surface area (Å²) in [7, 11) is 0. The summed E-state index contributed by atoms with van der Waals surface area (Å²) in [5.74, 6) is -0.321. The number of unbranched alkanes of at least 4 members (excludes halogenated alkanes) is 11. The number of nitrogens with two attached hydrogens (primary N) is 1. The van der Waals surface area contributed by atoms with E-state index in [1.54, 1.807) is 0 Å². The number of aryl methyl sites for hydroxylation is 1. The lowest BCUT2D eigenvalue weighted by Crippen LogP contribution is -2.27. The van der Waals surface area contributed by atoms with E-state index in [0.29, 0.717) is 5.56 Å². The van der Waals surface area contributed by atoms with Crippen LogP contribution in [0.15, 0.2) is 18.2 Å². The van der Waals surface area contributed by atoms with Gasteiger partial charge in [0.2, 0.25) is 5.91 Å². The molecule has 0 heterocycles. The minimum Gasteiger partial charge on any atom is -0.392 e. The zero-order valence-electron chi connectivity index (χ0n) is 20.3. The minimum atomic E-state index is -0.321. The molecule has 0 aliphatic rings. The molecule has 1 rings (SSSR count). The molecule has 0 aromatic heterocycles. The third-order valence-corrected chi connectivity index (χ3v) is 6.23. The third-order valence-electron chi connectivity index (χ3n) is 6.23. The quantitative estimate of drug-likeness (QED) is 0.219. The van der Waals surface area contributed by atoms with Crippen molar-refractivity contribution in [3.63, 3.8) is 0 Å². The molecule has 178 valence electrons. The Morgan fingerprint density at radius 1 is 0.935 bits per heavy atom. The maximum absolute atomic E-state index is 11.6. The van der Waals surface area contributed by atoms with E-state index in [9.17, 15) is 9.90 Å². The van der Waals surface area contributed by atoms with Crippen LogP contribution in [0.4, 0.5) is 0 Å².